The van der Waals surface area contributed by atoms with Gasteiger partial charge in [0, 0.05) is 17.3 Å². The van der Waals surface area contributed by atoms with Crippen molar-refractivity contribution in [1.29, 1.82) is 0 Å². The van der Waals surface area contributed by atoms with Gasteiger partial charge in [-0.1, -0.05) is 17.7 Å². The van der Waals surface area contributed by atoms with Crippen molar-refractivity contribution >= 4 is 40.5 Å². The predicted molar refractivity (Wildman–Crippen MR) is 112 cm³/mol. The minimum atomic E-state index is -0.664. The highest BCUT2D eigenvalue weighted by molar-refractivity contribution is 6.32. The van der Waals surface area contributed by atoms with Crippen molar-refractivity contribution in [2.24, 2.45) is 0 Å². The maximum atomic E-state index is 12.7. The van der Waals surface area contributed by atoms with E-state index in [0.29, 0.717) is 22.9 Å². The topological polar surface area (TPSA) is 111 Å². The smallest absolute Gasteiger partial charge is 0.288 e. The highest BCUT2D eigenvalue weighted by Crippen LogP contribution is 2.37. The Bertz CT molecular complexity index is 1230. The highest BCUT2D eigenvalue weighted by Gasteiger charge is 2.22. The Kier molecular flexibility index (Phi) is 4.85. The molecule has 150 valence electrons. The van der Waals surface area contributed by atoms with E-state index in [1.807, 2.05) is 13.0 Å². The van der Waals surface area contributed by atoms with E-state index in [9.17, 15) is 19.7 Å². The standard InChI is InChI=1S/C21H14ClN3O5/c1-11-2-6-19-16(8-11)24-21(27)14-10-13(4-7-18(14)30-19)23-20(26)12-3-5-15(22)17(9-12)25(28)29/h2-10H,1H3,(H,23,26)(H,24,27). The fourth-order valence-corrected chi connectivity index (χ4v) is 3.20. The van der Waals surface area contributed by atoms with Gasteiger partial charge in [0.1, 0.15) is 10.8 Å². The quantitative estimate of drug-likeness (QED) is 0.446. The first-order valence-corrected chi connectivity index (χ1v) is 9.19. The number of nitro benzene ring substituents is 1. The number of nitro groups is 1. The normalized spacial score (nSPS) is 12.0. The molecule has 0 atom stereocenters. The number of aryl methyl sites for hydroxylation is 1. The van der Waals surface area contributed by atoms with Gasteiger partial charge in [-0.2, -0.15) is 0 Å². The maximum absolute atomic E-state index is 12.7. The van der Waals surface area contributed by atoms with Crippen LogP contribution in [0, 0.1) is 17.0 Å². The van der Waals surface area contributed by atoms with Gasteiger partial charge in [-0.3, -0.25) is 19.7 Å². The summed E-state index contributed by atoms with van der Waals surface area (Å²) in [6, 6.07) is 13.8. The summed E-state index contributed by atoms with van der Waals surface area (Å²) >= 11 is 5.78. The van der Waals surface area contributed by atoms with E-state index in [-0.39, 0.29) is 27.7 Å². The summed E-state index contributed by atoms with van der Waals surface area (Å²) in [5, 5.41) is 16.4. The second kappa shape index (κ2) is 7.49. The molecule has 1 heterocycles. The van der Waals surface area contributed by atoms with Gasteiger partial charge < -0.3 is 15.4 Å². The number of nitrogens with zero attached hydrogens (tertiary/aromatic N) is 1. The Morgan fingerprint density at radius 3 is 2.63 bits per heavy atom. The highest BCUT2D eigenvalue weighted by atomic mass is 35.5. The first-order valence-electron chi connectivity index (χ1n) is 8.81. The molecule has 2 N–H and O–H groups in total. The molecule has 0 radical (unpaired) electrons. The number of rotatable bonds is 3. The van der Waals surface area contributed by atoms with Crippen LogP contribution in [0.3, 0.4) is 0 Å². The average Bonchev–Trinajstić information content (AvgIpc) is 2.83. The minimum absolute atomic E-state index is 0.0598. The van der Waals surface area contributed by atoms with Crippen molar-refractivity contribution in [3.8, 4) is 11.5 Å². The Morgan fingerprint density at radius 2 is 1.87 bits per heavy atom. The number of benzene rings is 3. The fraction of sp³-hybridized carbons (Fsp3) is 0.0476. The number of ether oxygens (including phenoxy) is 1. The van der Waals surface area contributed by atoms with Crippen LogP contribution in [0.5, 0.6) is 11.5 Å². The minimum Gasteiger partial charge on any atom is -0.454 e. The van der Waals surface area contributed by atoms with Gasteiger partial charge in [0.05, 0.1) is 16.2 Å². The van der Waals surface area contributed by atoms with E-state index < -0.39 is 10.8 Å². The zero-order valence-corrected chi connectivity index (χ0v) is 16.3. The van der Waals surface area contributed by atoms with Crippen molar-refractivity contribution < 1.29 is 19.2 Å². The average molecular weight is 424 g/mol. The van der Waals surface area contributed by atoms with Gasteiger partial charge in [0.2, 0.25) is 0 Å². The Hall–Kier alpha value is -3.91. The van der Waals surface area contributed by atoms with Crippen LogP contribution >= 0.6 is 11.6 Å². The van der Waals surface area contributed by atoms with E-state index >= 15 is 0 Å². The molecule has 3 aromatic carbocycles. The second-order valence-electron chi connectivity index (χ2n) is 6.64. The second-order valence-corrected chi connectivity index (χ2v) is 7.05. The van der Waals surface area contributed by atoms with Crippen molar-refractivity contribution in [2.75, 3.05) is 10.6 Å². The van der Waals surface area contributed by atoms with Crippen molar-refractivity contribution in [3.05, 3.63) is 86.4 Å². The van der Waals surface area contributed by atoms with Crippen LogP contribution in [0.25, 0.3) is 0 Å². The lowest BCUT2D eigenvalue weighted by Gasteiger charge is -2.10. The lowest BCUT2D eigenvalue weighted by atomic mass is 10.1. The molecule has 0 unspecified atom stereocenters. The third-order valence-electron chi connectivity index (χ3n) is 4.49. The lowest BCUT2D eigenvalue weighted by molar-refractivity contribution is -0.384. The molecule has 0 fully saturated rings. The van der Waals surface area contributed by atoms with Gasteiger partial charge >= 0.3 is 0 Å². The van der Waals surface area contributed by atoms with E-state index in [1.54, 1.807) is 24.3 Å². The molecule has 4 rings (SSSR count). The van der Waals surface area contributed by atoms with Crippen molar-refractivity contribution in [2.45, 2.75) is 6.92 Å². The molecule has 2 amide bonds. The van der Waals surface area contributed by atoms with E-state index in [0.717, 1.165) is 11.6 Å². The predicted octanol–water partition coefficient (Wildman–Crippen LogP) is 5.17. The summed E-state index contributed by atoms with van der Waals surface area (Å²) in [5.41, 5.74) is 1.78. The summed E-state index contributed by atoms with van der Waals surface area (Å²) in [4.78, 5) is 35.5. The number of anilines is 2. The van der Waals surface area contributed by atoms with Crippen LogP contribution in [0.15, 0.2) is 54.6 Å². The zero-order chi connectivity index (χ0) is 21.4. The molecule has 3 aromatic rings. The number of carbonyl (C=O) groups is 2. The largest absolute Gasteiger partial charge is 0.454 e. The van der Waals surface area contributed by atoms with Crippen LogP contribution in [-0.2, 0) is 0 Å². The molecular weight excluding hydrogens is 410 g/mol. The Labute approximate surface area is 175 Å². The summed E-state index contributed by atoms with van der Waals surface area (Å²) in [7, 11) is 0. The van der Waals surface area contributed by atoms with E-state index in [2.05, 4.69) is 10.6 Å². The molecule has 1 aliphatic rings. The van der Waals surface area contributed by atoms with Crippen LogP contribution in [0.4, 0.5) is 17.1 Å². The molecule has 0 bridgehead atoms. The van der Waals surface area contributed by atoms with Crippen LogP contribution < -0.4 is 15.4 Å². The summed E-state index contributed by atoms with van der Waals surface area (Å²) in [6.07, 6.45) is 0. The van der Waals surface area contributed by atoms with Gasteiger partial charge in [-0.25, -0.2) is 0 Å². The summed E-state index contributed by atoms with van der Waals surface area (Å²) in [5.74, 6) is -0.107. The third kappa shape index (κ3) is 3.68. The first kappa shape index (κ1) is 19.4. The fourth-order valence-electron chi connectivity index (χ4n) is 3.01. The molecular formula is C21H14ClN3O5. The van der Waals surface area contributed by atoms with Gasteiger partial charge in [-0.05, 0) is 55.0 Å². The van der Waals surface area contributed by atoms with Gasteiger partial charge in [-0.15, -0.1) is 0 Å². The number of carbonyl (C=O) groups excluding carboxylic acids is 2. The van der Waals surface area contributed by atoms with Crippen LogP contribution in [0.1, 0.15) is 26.3 Å². The molecule has 8 nitrogen and oxygen atoms in total. The molecule has 0 saturated heterocycles. The van der Waals surface area contributed by atoms with Crippen molar-refractivity contribution in [3.63, 3.8) is 0 Å². The number of hydrogen-bond donors (Lipinski definition) is 2. The summed E-state index contributed by atoms with van der Waals surface area (Å²) < 4.78 is 5.84. The monoisotopic (exact) mass is 423 g/mol. The van der Waals surface area contributed by atoms with Gasteiger partial charge in [0.25, 0.3) is 17.5 Å². The Morgan fingerprint density at radius 1 is 1.10 bits per heavy atom. The molecule has 0 aliphatic carbocycles. The maximum Gasteiger partial charge on any atom is 0.288 e. The number of halogens is 1. The van der Waals surface area contributed by atoms with Gasteiger partial charge in [0.15, 0.2) is 5.75 Å². The van der Waals surface area contributed by atoms with Crippen LogP contribution in [0.2, 0.25) is 5.02 Å². The van der Waals surface area contributed by atoms with E-state index in [1.165, 1.54) is 18.2 Å². The number of nitrogens with one attached hydrogen (secondary N) is 2. The molecule has 0 saturated carbocycles. The first-order chi connectivity index (χ1) is 14.3. The van der Waals surface area contributed by atoms with Crippen molar-refractivity contribution in [1.82, 2.24) is 0 Å². The van der Waals surface area contributed by atoms with Crippen LogP contribution in [-0.4, -0.2) is 16.7 Å². The number of hydrogen-bond acceptors (Lipinski definition) is 5. The molecule has 0 aromatic heterocycles. The lowest BCUT2D eigenvalue weighted by Crippen LogP contribution is -2.14. The Balaban J connectivity index is 1.61. The molecule has 9 heteroatoms. The van der Waals surface area contributed by atoms with E-state index in [4.69, 9.17) is 16.3 Å². The molecule has 0 spiro atoms. The summed E-state index contributed by atoms with van der Waals surface area (Å²) in [6.45, 7) is 1.90. The zero-order valence-electron chi connectivity index (χ0n) is 15.6. The number of amides is 2. The third-order valence-corrected chi connectivity index (χ3v) is 4.81. The number of fused-ring (bicyclic) bond motifs is 2. The molecule has 30 heavy (non-hydrogen) atoms. The SMILES string of the molecule is Cc1ccc2c(c1)NC(=O)c1cc(NC(=O)c3ccc(Cl)c([N+](=O)[O-])c3)ccc1O2. The molecule has 1 aliphatic heterocycles.